The minimum Gasteiger partial charge on any atom is -0.381 e. The summed E-state index contributed by atoms with van der Waals surface area (Å²) in [5, 5.41) is 12.5. The number of benzene rings is 1. The minimum atomic E-state index is -3.43. The van der Waals surface area contributed by atoms with Gasteiger partial charge in [-0.25, -0.2) is 13.4 Å². The van der Waals surface area contributed by atoms with Gasteiger partial charge in [0.15, 0.2) is 14.9 Å². The van der Waals surface area contributed by atoms with Crippen LogP contribution in [0.1, 0.15) is 39.2 Å². The van der Waals surface area contributed by atoms with Crippen LogP contribution in [0.3, 0.4) is 0 Å². The Balaban J connectivity index is 1.58. The fourth-order valence-electron chi connectivity index (χ4n) is 3.20. The lowest BCUT2D eigenvalue weighted by atomic mass is 10.0. The molecule has 0 bridgehead atoms. The van der Waals surface area contributed by atoms with E-state index < -0.39 is 14.6 Å². The average molecular weight is 399 g/mol. The second kappa shape index (κ2) is 7.80. The minimum absolute atomic E-state index is 0.112. The Hall–Kier alpha value is -2.59. The molecule has 1 aliphatic heterocycles. The number of rotatable bonds is 4. The van der Waals surface area contributed by atoms with Crippen LogP contribution in [0.5, 0.6) is 0 Å². The Bertz CT molecular complexity index is 947. The maximum atomic E-state index is 12.5. The van der Waals surface area contributed by atoms with Crippen LogP contribution in [-0.4, -0.2) is 37.3 Å². The third-order valence-electron chi connectivity index (χ3n) is 5.05. The zero-order valence-electron chi connectivity index (χ0n) is 16.5. The number of aromatic nitrogens is 1. The van der Waals surface area contributed by atoms with Crippen LogP contribution in [0.15, 0.2) is 47.6 Å². The molecule has 1 fully saturated rings. The van der Waals surface area contributed by atoms with Gasteiger partial charge in [0.05, 0.1) is 28.3 Å². The summed E-state index contributed by atoms with van der Waals surface area (Å²) < 4.78 is 24.1. The highest BCUT2D eigenvalue weighted by molar-refractivity contribution is 7.92. The Morgan fingerprint density at radius 2 is 1.75 bits per heavy atom. The van der Waals surface area contributed by atoms with Gasteiger partial charge in [-0.2, -0.15) is 5.26 Å². The van der Waals surface area contributed by atoms with E-state index in [1.807, 2.05) is 24.3 Å². The Labute approximate surface area is 167 Å². The van der Waals surface area contributed by atoms with E-state index in [1.54, 1.807) is 39.1 Å². The Morgan fingerprint density at radius 1 is 1.11 bits per heavy atom. The highest BCUT2D eigenvalue weighted by Gasteiger charge is 2.32. The molecule has 2 heterocycles. The monoisotopic (exact) mass is 398 g/mol. The maximum Gasteiger partial charge on any atom is 0.200 e. The number of pyridine rings is 1. The van der Waals surface area contributed by atoms with E-state index in [2.05, 4.69) is 21.3 Å². The van der Waals surface area contributed by atoms with E-state index in [9.17, 15) is 8.42 Å². The van der Waals surface area contributed by atoms with Gasteiger partial charge < -0.3 is 10.2 Å². The zero-order chi connectivity index (χ0) is 20.4. The summed E-state index contributed by atoms with van der Waals surface area (Å²) in [6.07, 6.45) is 3.55. The van der Waals surface area contributed by atoms with Crippen LogP contribution in [0.2, 0.25) is 0 Å². The van der Waals surface area contributed by atoms with Gasteiger partial charge in [0, 0.05) is 24.8 Å². The molecule has 0 aliphatic carbocycles. The van der Waals surface area contributed by atoms with E-state index in [4.69, 9.17) is 5.26 Å². The summed E-state index contributed by atoms with van der Waals surface area (Å²) in [4.78, 5) is 6.49. The SMILES string of the molecule is CC(C)(C)S(=O)(=O)c1ccc(NC2CCN(c3ccc(C#N)cc3)CC2)cn1. The fourth-order valence-corrected chi connectivity index (χ4v) is 4.27. The lowest BCUT2D eigenvalue weighted by molar-refractivity contribution is 0.526. The lowest BCUT2D eigenvalue weighted by Crippen LogP contribution is -2.39. The number of anilines is 2. The van der Waals surface area contributed by atoms with E-state index in [0.717, 1.165) is 37.3 Å². The van der Waals surface area contributed by atoms with Gasteiger partial charge in [0.2, 0.25) is 0 Å². The molecule has 1 aromatic carbocycles. The second-order valence-corrected chi connectivity index (χ2v) is 10.7. The van der Waals surface area contributed by atoms with Crippen molar-refractivity contribution in [3.8, 4) is 6.07 Å². The number of piperidine rings is 1. The van der Waals surface area contributed by atoms with Crippen molar-refractivity contribution in [1.82, 2.24) is 4.98 Å². The third-order valence-corrected chi connectivity index (χ3v) is 7.45. The highest BCUT2D eigenvalue weighted by Crippen LogP contribution is 2.25. The molecule has 148 valence electrons. The first-order valence-corrected chi connectivity index (χ1v) is 10.9. The van der Waals surface area contributed by atoms with Crippen LogP contribution in [0.4, 0.5) is 11.4 Å². The van der Waals surface area contributed by atoms with Gasteiger partial charge in [-0.05, 0) is 70.0 Å². The highest BCUT2D eigenvalue weighted by atomic mass is 32.2. The first kappa shape index (κ1) is 20.2. The summed E-state index contributed by atoms with van der Waals surface area (Å²) in [5.74, 6) is 0. The van der Waals surface area contributed by atoms with Crippen molar-refractivity contribution >= 4 is 21.2 Å². The van der Waals surface area contributed by atoms with Gasteiger partial charge >= 0.3 is 0 Å². The maximum absolute atomic E-state index is 12.5. The molecule has 0 atom stereocenters. The Kier molecular flexibility index (Phi) is 5.61. The smallest absolute Gasteiger partial charge is 0.200 e. The normalized spacial score (nSPS) is 15.9. The molecule has 0 amide bonds. The van der Waals surface area contributed by atoms with E-state index in [0.29, 0.717) is 11.6 Å². The van der Waals surface area contributed by atoms with Crippen LogP contribution < -0.4 is 10.2 Å². The van der Waals surface area contributed by atoms with Crippen molar-refractivity contribution in [3.63, 3.8) is 0 Å². The first-order chi connectivity index (χ1) is 13.2. The first-order valence-electron chi connectivity index (χ1n) is 9.43. The topological polar surface area (TPSA) is 86.1 Å². The molecule has 7 heteroatoms. The molecule has 0 radical (unpaired) electrons. The van der Waals surface area contributed by atoms with E-state index >= 15 is 0 Å². The zero-order valence-corrected chi connectivity index (χ0v) is 17.3. The molecular weight excluding hydrogens is 372 g/mol. The molecule has 2 aromatic rings. The van der Waals surface area contributed by atoms with Crippen molar-refractivity contribution in [2.24, 2.45) is 0 Å². The number of sulfone groups is 1. The molecule has 1 N–H and O–H groups in total. The van der Waals surface area contributed by atoms with Crippen LogP contribution in [0, 0.1) is 11.3 Å². The fraction of sp³-hybridized carbons (Fsp3) is 0.429. The number of hydrogen-bond donors (Lipinski definition) is 1. The van der Waals surface area contributed by atoms with E-state index in [1.165, 1.54) is 0 Å². The summed E-state index contributed by atoms with van der Waals surface area (Å²) in [6.45, 7) is 6.88. The van der Waals surface area contributed by atoms with Gasteiger partial charge in [-0.15, -0.1) is 0 Å². The standard InChI is InChI=1S/C21H26N4O2S/c1-21(2,3)28(26,27)20-9-6-18(15-23-20)24-17-10-12-25(13-11-17)19-7-4-16(14-22)5-8-19/h4-9,15,17,24H,10-13H2,1-3H3. The summed E-state index contributed by atoms with van der Waals surface area (Å²) in [7, 11) is -3.43. The van der Waals surface area contributed by atoms with Crippen LogP contribution in [0.25, 0.3) is 0 Å². The van der Waals surface area contributed by atoms with Gasteiger partial charge in [-0.3, -0.25) is 0 Å². The van der Waals surface area contributed by atoms with Gasteiger partial charge in [-0.1, -0.05) is 0 Å². The van der Waals surface area contributed by atoms with Crippen molar-refractivity contribution in [2.75, 3.05) is 23.3 Å². The predicted molar refractivity (Wildman–Crippen MR) is 111 cm³/mol. The summed E-state index contributed by atoms with van der Waals surface area (Å²) >= 11 is 0. The molecule has 6 nitrogen and oxygen atoms in total. The van der Waals surface area contributed by atoms with Crippen LogP contribution in [-0.2, 0) is 9.84 Å². The van der Waals surface area contributed by atoms with E-state index in [-0.39, 0.29) is 5.03 Å². The average Bonchev–Trinajstić information content (AvgIpc) is 2.68. The molecule has 0 unspecified atom stereocenters. The van der Waals surface area contributed by atoms with Gasteiger partial charge in [0.25, 0.3) is 0 Å². The van der Waals surface area contributed by atoms with Crippen molar-refractivity contribution in [3.05, 3.63) is 48.2 Å². The quantitative estimate of drug-likeness (QED) is 0.847. The summed E-state index contributed by atoms with van der Waals surface area (Å²) in [5.41, 5.74) is 2.64. The van der Waals surface area contributed by atoms with Gasteiger partial charge in [0.1, 0.15) is 0 Å². The largest absolute Gasteiger partial charge is 0.381 e. The molecule has 1 aliphatic rings. The number of nitrogens with one attached hydrogen (secondary N) is 1. The van der Waals surface area contributed by atoms with Crippen LogP contribution >= 0.6 is 0 Å². The lowest BCUT2D eigenvalue weighted by Gasteiger charge is -2.34. The van der Waals surface area contributed by atoms with Crippen molar-refractivity contribution in [2.45, 2.75) is 49.4 Å². The summed E-state index contributed by atoms with van der Waals surface area (Å²) in [6, 6.07) is 13.5. The predicted octanol–water partition coefficient (Wildman–Crippen LogP) is 3.61. The van der Waals surface area contributed by atoms with Crippen molar-refractivity contribution < 1.29 is 8.42 Å². The molecular formula is C21H26N4O2S. The molecule has 1 saturated heterocycles. The number of hydrogen-bond acceptors (Lipinski definition) is 6. The van der Waals surface area contributed by atoms with Crippen molar-refractivity contribution in [1.29, 1.82) is 5.26 Å². The molecule has 3 rings (SSSR count). The number of nitriles is 1. The molecule has 0 spiro atoms. The number of nitrogens with zero attached hydrogens (tertiary/aromatic N) is 3. The molecule has 28 heavy (non-hydrogen) atoms. The molecule has 1 aromatic heterocycles. The molecule has 0 saturated carbocycles. The third kappa shape index (κ3) is 4.28. The second-order valence-electron chi connectivity index (χ2n) is 8.07. The Morgan fingerprint density at radius 3 is 2.25 bits per heavy atom.